The number of aliphatic imine (C=N–C) groups is 1. The van der Waals surface area contributed by atoms with E-state index < -0.39 is 0 Å². The van der Waals surface area contributed by atoms with Crippen LogP contribution in [0.1, 0.15) is 20.3 Å². The molecule has 0 aromatic heterocycles. The summed E-state index contributed by atoms with van der Waals surface area (Å²) in [5, 5.41) is 6.46. The molecule has 1 fully saturated rings. The highest BCUT2D eigenvalue weighted by molar-refractivity contribution is 6.36. The molecule has 0 bridgehead atoms. The monoisotopic (exact) mass is 369 g/mol. The van der Waals surface area contributed by atoms with Crippen molar-refractivity contribution in [3.8, 4) is 0 Å². The summed E-state index contributed by atoms with van der Waals surface area (Å²) in [6, 6.07) is 13.2. The number of methoxy groups -OCH3 is 1. The lowest BCUT2D eigenvalue weighted by molar-refractivity contribution is 0.369. The van der Waals surface area contributed by atoms with E-state index >= 15 is 0 Å². The van der Waals surface area contributed by atoms with Crippen molar-refractivity contribution in [2.75, 3.05) is 25.1 Å². The molecule has 0 aliphatic carbocycles. The predicted octanol–water partition coefficient (Wildman–Crippen LogP) is 4.59. The van der Waals surface area contributed by atoms with Crippen LogP contribution in [-0.2, 0) is 4.74 Å². The minimum atomic E-state index is 0.120. The summed E-state index contributed by atoms with van der Waals surface area (Å²) in [5.41, 5.74) is 3.85. The second kappa shape index (κ2) is 6.84. The van der Waals surface area contributed by atoms with Gasteiger partial charge in [-0.15, -0.1) is 0 Å². The minimum Gasteiger partial charge on any atom is -0.468 e. The fourth-order valence-corrected chi connectivity index (χ4v) is 4.29. The molecule has 2 aromatic carbocycles. The smallest absolute Gasteiger partial charge is 0.289 e. The Hall–Kier alpha value is -2.20. The van der Waals surface area contributed by atoms with Crippen LogP contribution in [0, 0.1) is 5.92 Å². The van der Waals surface area contributed by atoms with Gasteiger partial charge in [-0.1, -0.05) is 49.7 Å². The van der Waals surface area contributed by atoms with Crippen LogP contribution in [0.5, 0.6) is 0 Å². The number of nitrogens with one attached hydrogen (secondary N) is 1. The fraction of sp³-hybridized carbons (Fsp3) is 0.381. The van der Waals surface area contributed by atoms with Gasteiger partial charge in [0.2, 0.25) is 0 Å². The highest BCUT2D eigenvalue weighted by Crippen LogP contribution is 2.36. The quantitative estimate of drug-likeness (QED) is 0.841. The highest BCUT2D eigenvalue weighted by Gasteiger charge is 2.32. The van der Waals surface area contributed by atoms with Gasteiger partial charge in [0.05, 0.1) is 18.2 Å². The summed E-state index contributed by atoms with van der Waals surface area (Å²) in [7, 11) is 1.67. The van der Waals surface area contributed by atoms with Crippen LogP contribution >= 0.6 is 11.6 Å². The third-order valence-corrected chi connectivity index (χ3v) is 5.57. The Morgan fingerprint density at radius 1 is 1.23 bits per heavy atom. The molecule has 2 aliphatic rings. The molecule has 1 unspecified atom stereocenters. The number of rotatable bonds is 2. The van der Waals surface area contributed by atoms with E-state index in [1.165, 1.54) is 22.3 Å². The maximum atomic E-state index is 6.54. The average Bonchev–Trinajstić information content (AvgIpc) is 2.66. The summed E-state index contributed by atoms with van der Waals surface area (Å²) in [5.74, 6) is 0.423. The van der Waals surface area contributed by atoms with Gasteiger partial charge in [-0.05, 0) is 35.4 Å². The van der Waals surface area contributed by atoms with Gasteiger partial charge < -0.3 is 15.0 Å². The van der Waals surface area contributed by atoms with Crippen LogP contribution in [0.3, 0.4) is 0 Å². The standard InChI is InChI=1S/C21H24ClN3O/c1-13(2)20-15-10-11-25(12-17(15)23-21(24-20)26-3)18-9-5-7-14-6-4-8-16(22)19(14)18/h4-9,13,17H,10-12H2,1-3H3,(H,23,24). The average molecular weight is 370 g/mol. The second-order valence-corrected chi connectivity index (χ2v) is 7.59. The number of benzene rings is 2. The molecule has 1 atom stereocenters. The summed E-state index contributed by atoms with van der Waals surface area (Å²) in [6.45, 7) is 6.22. The van der Waals surface area contributed by atoms with Gasteiger partial charge in [-0.3, -0.25) is 0 Å². The van der Waals surface area contributed by atoms with Gasteiger partial charge >= 0.3 is 0 Å². The Kier molecular flexibility index (Phi) is 4.53. The molecule has 0 spiro atoms. The molecule has 5 heteroatoms. The van der Waals surface area contributed by atoms with E-state index in [0.29, 0.717) is 11.9 Å². The molecule has 1 N–H and O–H groups in total. The number of halogens is 1. The Bertz CT molecular complexity index is 898. The van der Waals surface area contributed by atoms with Gasteiger partial charge in [-0.2, -0.15) is 0 Å². The molecular formula is C21H24ClN3O. The first-order valence-electron chi connectivity index (χ1n) is 9.12. The first-order valence-corrected chi connectivity index (χ1v) is 9.50. The molecule has 26 heavy (non-hydrogen) atoms. The number of fused-ring (bicyclic) bond motifs is 2. The summed E-state index contributed by atoms with van der Waals surface area (Å²) < 4.78 is 5.42. The van der Waals surface area contributed by atoms with Crippen molar-refractivity contribution in [1.82, 2.24) is 5.32 Å². The van der Waals surface area contributed by atoms with E-state index in [4.69, 9.17) is 21.3 Å². The van der Waals surface area contributed by atoms with Crippen LogP contribution in [0.25, 0.3) is 10.8 Å². The lowest BCUT2D eigenvalue weighted by Crippen LogP contribution is -2.45. The van der Waals surface area contributed by atoms with Gasteiger partial charge in [0.15, 0.2) is 0 Å². The van der Waals surface area contributed by atoms with Gasteiger partial charge in [0.25, 0.3) is 6.02 Å². The Morgan fingerprint density at radius 2 is 2.00 bits per heavy atom. The van der Waals surface area contributed by atoms with E-state index in [1.54, 1.807) is 7.11 Å². The molecular weight excluding hydrogens is 346 g/mol. The van der Waals surface area contributed by atoms with Crippen LogP contribution in [0.2, 0.25) is 5.02 Å². The number of allylic oxidation sites excluding steroid dienone is 1. The molecule has 0 saturated carbocycles. The number of hydrogen-bond acceptors (Lipinski definition) is 4. The molecule has 136 valence electrons. The topological polar surface area (TPSA) is 36.9 Å². The van der Waals surface area contributed by atoms with E-state index in [9.17, 15) is 0 Å². The van der Waals surface area contributed by atoms with Crippen LogP contribution in [-0.4, -0.2) is 32.3 Å². The van der Waals surface area contributed by atoms with E-state index in [2.05, 4.69) is 48.3 Å². The van der Waals surface area contributed by atoms with Gasteiger partial charge in [-0.25, -0.2) is 4.99 Å². The molecule has 1 saturated heterocycles. The second-order valence-electron chi connectivity index (χ2n) is 7.18. The summed E-state index contributed by atoms with van der Waals surface area (Å²) in [4.78, 5) is 7.19. The van der Waals surface area contributed by atoms with Crippen molar-refractivity contribution in [2.24, 2.45) is 10.9 Å². The lowest BCUT2D eigenvalue weighted by atomic mass is 9.91. The third-order valence-electron chi connectivity index (χ3n) is 5.25. The Balaban J connectivity index is 1.73. The Labute approximate surface area is 159 Å². The molecule has 4 nitrogen and oxygen atoms in total. The molecule has 2 heterocycles. The van der Waals surface area contributed by atoms with Crippen molar-refractivity contribution in [2.45, 2.75) is 26.3 Å². The molecule has 4 rings (SSSR count). The first-order chi connectivity index (χ1) is 12.6. The van der Waals surface area contributed by atoms with Gasteiger partial charge in [0, 0.05) is 29.9 Å². The summed E-state index contributed by atoms with van der Waals surface area (Å²) >= 11 is 6.54. The van der Waals surface area contributed by atoms with Crippen LogP contribution in [0.15, 0.2) is 52.7 Å². The molecule has 0 amide bonds. The largest absolute Gasteiger partial charge is 0.468 e. The predicted molar refractivity (Wildman–Crippen MR) is 109 cm³/mol. The first kappa shape index (κ1) is 17.2. The number of piperidine rings is 1. The minimum absolute atomic E-state index is 0.120. The van der Waals surface area contributed by atoms with Gasteiger partial charge in [0.1, 0.15) is 0 Å². The third kappa shape index (κ3) is 2.92. The van der Waals surface area contributed by atoms with E-state index in [1.807, 2.05) is 12.1 Å². The molecule has 0 radical (unpaired) electrons. The summed E-state index contributed by atoms with van der Waals surface area (Å²) in [6.07, 6.45) is 0.993. The number of anilines is 1. The van der Waals surface area contributed by atoms with Crippen molar-refractivity contribution in [3.05, 3.63) is 52.7 Å². The van der Waals surface area contributed by atoms with Crippen molar-refractivity contribution in [3.63, 3.8) is 0 Å². The zero-order chi connectivity index (χ0) is 18.3. The van der Waals surface area contributed by atoms with Crippen LogP contribution in [0.4, 0.5) is 5.69 Å². The van der Waals surface area contributed by atoms with Crippen molar-refractivity contribution >= 4 is 34.1 Å². The molecule has 2 aromatic rings. The lowest BCUT2D eigenvalue weighted by Gasteiger charge is -2.39. The normalized spacial score (nSPS) is 20.1. The van der Waals surface area contributed by atoms with E-state index in [0.717, 1.165) is 29.9 Å². The zero-order valence-corrected chi connectivity index (χ0v) is 16.2. The fourth-order valence-electron chi connectivity index (χ4n) is 4.01. The maximum Gasteiger partial charge on any atom is 0.289 e. The van der Waals surface area contributed by atoms with E-state index in [-0.39, 0.29) is 6.04 Å². The van der Waals surface area contributed by atoms with Crippen molar-refractivity contribution < 1.29 is 4.74 Å². The van der Waals surface area contributed by atoms with Crippen LogP contribution < -0.4 is 10.2 Å². The maximum absolute atomic E-state index is 6.54. The SMILES string of the molecule is COC1=NC2CN(c3cccc4cccc(Cl)c34)CCC2=C(C(C)C)N1. The van der Waals surface area contributed by atoms with Crippen molar-refractivity contribution in [1.29, 1.82) is 0 Å². The number of ether oxygens (including phenoxy) is 1. The number of nitrogens with zero attached hydrogens (tertiary/aromatic N) is 2. The zero-order valence-electron chi connectivity index (χ0n) is 15.4. The highest BCUT2D eigenvalue weighted by atomic mass is 35.5. The Morgan fingerprint density at radius 3 is 2.73 bits per heavy atom. The number of amidine groups is 1. The molecule has 2 aliphatic heterocycles. The number of hydrogen-bond donors (Lipinski definition) is 1.